The number of hydrogen-bond donors (Lipinski definition) is 5. The third kappa shape index (κ3) is 17.1. The van der Waals surface area contributed by atoms with Gasteiger partial charge in [-0.15, -0.1) is 12.4 Å². The van der Waals surface area contributed by atoms with Gasteiger partial charge in [0.15, 0.2) is 0 Å². The second kappa shape index (κ2) is 26.3. The molecule has 0 radical (unpaired) electrons. The molecule has 4 rings (SSSR count). The Kier molecular flexibility index (Phi) is 24.0. The lowest BCUT2D eigenvalue weighted by Gasteiger charge is -2.38. The van der Waals surface area contributed by atoms with Crippen LogP contribution in [0.25, 0.3) is 0 Å². The minimum absolute atomic E-state index is 0. The summed E-state index contributed by atoms with van der Waals surface area (Å²) in [5.74, 6) is 0.360. The minimum Gasteiger partial charge on any atom is -0.481 e. The minimum atomic E-state index is -0.659. The summed E-state index contributed by atoms with van der Waals surface area (Å²) in [4.78, 5) is 36.7. The summed E-state index contributed by atoms with van der Waals surface area (Å²) in [6.45, 7) is 13.2. The van der Waals surface area contributed by atoms with Gasteiger partial charge in [0, 0.05) is 55.8 Å². The number of aliphatic hydroxyl groups is 3. The molecule has 2 aliphatic rings. The van der Waals surface area contributed by atoms with Gasteiger partial charge >= 0.3 is 5.97 Å². The number of halogens is 2. The summed E-state index contributed by atoms with van der Waals surface area (Å²) in [5, 5.41) is 38.8. The number of carboxylic acid groups (broad SMARTS) is 1. The average molecular weight is 771 g/mol. The number of nitrogens with zero attached hydrogens (tertiary/aromatic N) is 4. The topological polar surface area (TPSA) is 159 Å². The zero-order valence-corrected chi connectivity index (χ0v) is 33.5. The van der Waals surface area contributed by atoms with Gasteiger partial charge in [0.1, 0.15) is 12.1 Å². The number of carbonyl (C=O) groups is 2. The van der Waals surface area contributed by atoms with Gasteiger partial charge < -0.3 is 35.5 Å². The number of carbonyl (C=O) groups excluding carboxylic acids is 1. The Labute approximate surface area is 323 Å². The summed E-state index contributed by atoms with van der Waals surface area (Å²) in [7, 11) is 0. The highest BCUT2D eigenvalue weighted by Crippen LogP contribution is 2.42. The largest absolute Gasteiger partial charge is 0.481 e. The van der Waals surface area contributed by atoms with Crippen LogP contribution in [0.1, 0.15) is 140 Å². The lowest BCUT2D eigenvalue weighted by molar-refractivity contribution is -0.137. The third-order valence-electron chi connectivity index (χ3n) is 9.23. The monoisotopic (exact) mass is 769 g/mol. The van der Waals surface area contributed by atoms with E-state index < -0.39 is 18.2 Å². The number of benzene rings is 1. The molecule has 4 atom stereocenters. The van der Waals surface area contributed by atoms with Crippen LogP contribution in [-0.4, -0.2) is 98.6 Å². The second-order valence-electron chi connectivity index (χ2n) is 14.1. The van der Waals surface area contributed by atoms with E-state index in [0.717, 1.165) is 35.5 Å². The maximum atomic E-state index is 13.5. The first-order valence-corrected chi connectivity index (χ1v) is 19.3. The van der Waals surface area contributed by atoms with E-state index in [-0.39, 0.29) is 36.8 Å². The number of nitrogens with one attached hydrogen (secondary N) is 1. The van der Waals surface area contributed by atoms with Crippen molar-refractivity contribution in [3.05, 3.63) is 52.4 Å². The van der Waals surface area contributed by atoms with Crippen molar-refractivity contribution in [2.45, 2.75) is 135 Å². The number of aliphatic hydroxyl groups excluding tert-OH is 3. The van der Waals surface area contributed by atoms with Crippen LogP contribution in [-0.2, 0) is 9.59 Å². The molecule has 296 valence electrons. The molecule has 1 fully saturated rings. The Morgan fingerprint density at radius 1 is 0.942 bits per heavy atom. The van der Waals surface area contributed by atoms with Crippen LogP contribution >= 0.6 is 24.0 Å². The fourth-order valence-electron chi connectivity index (χ4n) is 6.30. The van der Waals surface area contributed by atoms with Gasteiger partial charge in [-0.3, -0.25) is 9.59 Å². The molecule has 1 aromatic carbocycles. The number of carboxylic acids is 1. The van der Waals surface area contributed by atoms with Crippen molar-refractivity contribution in [1.82, 2.24) is 20.2 Å². The van der Waals surface area contributed by atoms with Crippen LogP contribution in [0.5, 0.6) is 0 Å². The van der Waals surface area contributed by atoms with Crippen LogP contribution in [0.4, 0.5) is 5.82 Å². The van der Waals surface area contributed by atoms with Crippen LogP contribution < -0.4 is 10.2 Å². The maximum Gasteiger partial charge on any atom is 0.303 e. The first kappa shape index (κ1) is 47.5. The predicted octanol–water partition coefficient (Wildman–Crippen LogP) is 6.87. The van der Waals surface area contributed by atoms with Gasteiger partial charge in [0.05, 0.1) is 30.4 Å². The van der Waals surface area contributed by atoms with Gasteiger partial charge in [0.25, 0.3) is 0 Å². The van der Waals surface area contributed by atoms with Gasteiger partial charge in [-0.1, -0.05) is 103 Å². The lowest BCUT2D eigenvalue weighted by Crippen LogP contribution is -2.51. The molecule has 2 heterocycles. The van der Waals surface area contributed by atoms with Crippen LogP contribution in [0, 0.1) is 0 Å². The summed E-state index contributed by atoms with van der Waals surface area (Å²) in [6, 6.07) is 7.87. The van der Waals surface area contributed by atoms with E-state index in [2.05, 4.69) is 47.9 Å². The van der Waals surface area contributed by atoms with E-state index >= 15 is 0 Å². The molecule has 0 saturated carbocycles. The summed E-state index contributed by atoms with van der Waals surface area (Å²) in [6.07, 6.45) is 12.6. The molecular formula is C39H65Cl2N5O6. The van der Waals surface area contributed by atoms with E-state index in [1.165, 1.54) is 51.9 Å². The fourth-order valence-corrected chi connectivity index (χ4v) is 6.42. The number of amides is 1. The Morgan fingerprint density at radius 2 is 1.50 bits per heavy atom. The van der Waals surface area contributed by atoms with Gasteiger partial charge in [0.2, 0.25) is 5.91 Å². The lowest BCUT2D eigenvalue weighted by atomic mass is 9.96. The van der Waals surface area contributed by atoms with Crippen molar-refractivity contribution < 1.29 is 30.0 Å². The molecule has 1 aromatic heterocycles. The van der Waals surface area contributed by atoms with Crippen molar-refractivity contribution in [2.75, 3.05) is 44.2 Å². The fraction of sp³-hybridized carbons (Fsp3) is 0.692. The highest BCUT2D eigenvalue weighted by Gasteiger charge is 2.35. The maximum absolute atomic E-state index is 13.5. The first-order valence-electron chi connectivity index (χ1n) is 19.0. The number of rotatable bonds is 17. The molecule has 0 spiro atoms. The highest BCUT2D eigenvalue weighted by molar-refractivity contribution is 6.30. The number of aromatic nitrogens is 2. The van der Waals surface area contributed by atoms with Gasteiger partial charge in [-0.2, -0.15) is 0 Å². The quantitative estimate of drug-likeness (QED) is 0.108. The molecule has 5 N–H and O–H groups in total. The molecular weight excluding hydrogens is 705 g/mol. The van der Waals surface area contributed by atoms with Crippen LogP contribution in [0.2, 0.25) is 5.02 Å². The highest BCUT2D eigenvalue weighted by atomic mass is 35.5. The Bertz CT molecular complexity index is 1280. The number of hydrogen-bond acceptors (Lipinski definition) is 9. The smallest absolute Gasteiger partial charge is 0.303 e. The number of anilines is 1. The molecule has 1 aliphatic carbocycles. The Morgan fingerprint density at radius 3 is 2.02 bits per heavy atom. The summed E-state index contributed by atoms with van der Waals surface area (Å²) >= 11 is 6.06. The number of fused-ring (bicyclic) bond motifs is 1. The third-order valence-corrected chi connectivity index (χ3v) is 9.48. The normalized spacial score (nSPS) is 17.6. The molecule has 13 heteroatoms. The number of unbranched alkanes of at least 4 members (excludes halogenated alkanes) is 8. The zero-order valence-electron chi connectivity index (χ0n) is 32.0. The zero-order chi connectivity index (χ0) is 37.8. The van der Waals surface area contributed by atoms with Crippen LogP contribution in [0.15, 0.2) is 30.6 Å². The van der Waals surface area contributed by atoms with E-state index in [1.54, 1.807) is 6.33 Å². The van der Waals surface area contributed by atoms with E-state index in [4.69, 9.17) is 26.9 Å². The first-order chi connectivity index (χ1) is 24.4. The number of aliphatic carboxylic acids is 1. The standard InChI is InChI=1S/C24H32ClN5O2.C12H24O2.C3H8O2.ClH/c1-15(2)26-13-19(17-4-6-18(25)7-5-17)24(32)30-10-8-29(9-11-30)23-21-16(3)12-20(31)22(21)27-14-28-23;1-2-3-4-5-6-7-8-9-10-11-12(13)14;1-3(5)2-4;/h4-7,14-16,19-20,26,31H,8-13H2,1-3H3;2-11H2,1H3,(H,13,14);3-5H,2H2,1H3;1H/t16-,19-,20-;;;/m1.../s1. The van der Waals surface area contributed by atoms with Gasteiger partial charge in [-0.25, -0.2) is 9.97 Å². The van der Waals surface area contributed by atoms with Gasteiger partial charge in [-0.05, 0) is 43.4 Å². The van der Waals surface area contributed by atoms with Crippen molar-refractivity contribution in [2.24, 2.45) is 0 Å². The van der Waals surface area contributed by atoms with Crippen LogP contribution in [0.3, 0.4) is 0 Å². The Balaban J connectivity index is 0.000000566. The summed E-state index contributed by atoms with van der Waals surface area (Å²) in [5.41, 5.74) is 2.79. The van der Waals surface area contributed by atoms with Crippen molar-refractivity contribution in [1.29, 1.82) is 0 Å². The second-order valence-corrected chi connectivity index (χ2v) is 14.6. The SMILES string of the molecule is CC(C)NC[C@@H](C(=O)N1CCN(c2ncnc3c2[C@H](C)C[C@H]3O)CC1)c1ccc(Cl)cc1.CC(O)CO.CCCCCCCCCCCC(=O)O.Cl. The molecule has 11 nitrogen and oxygen atoms in total. The molecule has 1 saturated heterocycles. The van der Waals surface area contributed by atoms with E-state index in [1.807, 2.05) is 29.2 Å². The summed E-state index contributed by atoms with van der Waals surface area (Å²) < 4.78 is 0. The van der Waals surface area contributed by atoms with Crippen molar-refractivity contribution >= 4 is 41.7 Å². The Hall–Kier alpha value is -2.54. The predicted molar refractivity (Wildman–Crippen MR) is 212 cm³/mol. The molecule has 1 unspecified atom stereocenters. The average Bonchev–Trinajstić information content (AvgIpc) is 3.41. The molecule has 1 aliphatic heterocycles. The number of piperazine rings is 1. The molecule has 0 bridgehead atoms. The van der Waals surface area contributed by atoms with Crippen molar-refractivity contribution in [3.8, 4) is 0 Å². The van der Waals surface area contributed by atoms with E-state index in [9.17, 15) is 14.7 Å². The van der Waals surface area contributed by atoms with Crippen molar-refractivity contribution in [3.63, 3.8) is 0 Å². The molecule has 2 aromatic rings. The molecule has 1 amide bonds. The molecule has 52 heavy (non-hydrogen) atoms. The van der Waals surface area contributed by atoms with E-state index in [0.29, 0.717) is 56.6 Å².